The summed E-state index contributed by atoms with van der Waals surface area (Å²) in [5.74, 6) is 0.646. The maximum atomic E-state index is 11.6. The Bertz CT molecular complexity index is 494. The number of aromatic amines is 1. The largest absolute Gasteiger partial charge is 0.354 e. The second kappa shape index (κ2) is 4.47. The summed E-state index contributed by atoms with van der Waals surface area (Å²) in [5.41, 5.74) is -0.247. The predicted molar refractivity (Wildman–Crippen MR) is 63.1 cm³/mol. The second-order valence-corrected chi connectivity index (χ2v) is 4.32. The van der Waals surface area contributed by atoms with Gasteiger partial charge in [0.1, 0.15) is 6.23 Å². The van der Waals surface area contributed by atoms with Crippen molar-refractivity contribution in [2.45, 2.75) is 32.1 Å². The lowest BCUT2D eigenvalue weighted by molar-refractivity contribution is 0.0101. The maximum Gasteiger partial charge on any atom is 0.330 e. The van der Waals surface area contributed by atoms with Gasteiger partial charge in [-0.2, -0.15) is 12.6 Å². The smallest absolute Gasteiger partial charge is 0.330 e. The van der Waals surface area contributed by atoms with Crippen LogP contribution < -0.4 is 11.2 Å². The van der Waals surface area contributed by atoms with E-state index in [9.17, 15) is 9.59 Å². The number of rotatable bonds is 2. The number of aryl methyl sites for hydroxylation is 1. The average molecular weight is 242 g/mol. The Kier molecular flexibility index (Phi) is 3.20. The highest BCUT2D eigenvalue weighted by Crippen LogP contribution is 2.27. The Morgan fingerprint density at radius 2 is 2.31 bits per heavy atom. The first-order valence-corrected chi connectivity index (χ1v) is 5.83. The fourth-order valence-corrected chi connectivity index (χ4v) is 2.09. The fourth-order valence-electron chi connectivity index (χ4n) is 1.83. The molecular weight excluding hydrogens is 228 g/mol. The normalized spacial score (nSPS) is 24.9. The summed E-state index contributed by atoms with van der Waals surface area (Å²) < 4.78 is 7.08. The van der Waals surface area contributed by atoms with Crippen LogP contribution in [0.2, 0.25) is 0 Å². The summed E-state index contributed by atoms with van der Waals surface area (Å²) in [6, 6.07) is 0. The fraction of sp³-hybridized carbons (Fsp3) is 0.600. The van der Waals surface area contributed by atoms with Crippen LogP contribution in [0.25, 0.3) is 0 Å². The number of aromatic nitrogens is 2. The Labute approximate surface area is 97.9 Å². The number of nitrogens with zero attached hydrogens (tertiary/aromatic N) is 1. The van der Waals surface area contributed by atoms with E-state index >= 15 is 0 Å². The van der Waals surface area contributed by atoms with Gasteiger partial charge in [0.15, 0.2) is 0 Å². The summed E-state index contributed by atoms with van der Waals surface area (Å²) in [7, 11) is 0. The van der Waals surface area contributed by atoms with E-state index in [-0.39, 0.29) is 17.9 Å². The van der Waals surface area contributed by atoms with Crippen LogP contribution in [-0.4, -0.2) is 21.4 Å². The lowest BCUT2D eigenvalue weighted by Crippen LogP contribution is -2.33. The first-order valence-electron chi connectivity index (χ1n) is 5.20. The van der Waals surface area contributed by atoms with Gasteiger partial charge in [-0.1, -0.05) is 0 Å². The molecule has 2 atom stereocenters. The minimum absolute atomic E-state index is 0.0902. The van der Waals surface area contributed by atoms with Gasteiger partial charge in [0.2, 0.25) is 0 Å². The van der Waals surface area contributed by atoms with E-state index in [0.717, 1.165) is 12.8 Å². The Hall–Kier alpha value is -1.01. The quantitative estimate of drug-likeness (QED) is 0.740. The van der Waals surface area contributed by atoms with Crippen LogP contribution in [0.1, 0.15) is 24.6 Å². The lowest BCUT2D eigenvalue weighted by Gasteiger charge is -2.14. The zero-order valence-electron chi connectivity index (χ0n) is 8.97. The number of ether oxygens (including phenoxy) is 1. The number of thiol groups is 1. The Morgan fingerprint density at radius 1 is 1.56 bits per heavy atom. The minimum atomic E-state index is -0.416. The van der Waals surface area contributed by atoms with Crippen molar-refractivity contribution < 1.29 is 4.74 Å². The van der Waals surface area contributed by atoms with Gasteiger partial charge in [0.05, 0.1) is 6.10 Å². The lowest BCUT2D eigenvalue weighted by atomic mass is 10.2. The van der Waals surface area contributed by atoms with Crippen LogP contribution in [-0.2, 0) is 4.74 Å². The molecule has 1 N–H and O–H groups in total. The van der Waals surface area contributed by atoms with E-state index in [1.807, 2.05) is 0 Å². The van der Waals surface area contributed by atoms with Gasteiger partial charge in [-0.15, -0.1) is 0 Å². The van der Waals surface area contributed by atoms with Crippen molar-refractivity contribution in [3.05, 3.63) is 32.6 Å². The SMILES string of the molecule is Cc1cn([C@H]2CCC(CS)O2)c(=O)[nH]c1=O. The standard InChI is InChI=1S/C10H14N2O3S/c1-6-4-12(10(14)11-9(6)13)8-3-2-7(5-16)15-8/h4,7-8,16H,2-3,5H2,1H3,(H,11,13,14)/t7?,8-/m1/s1. The van der Waals surface area contributed by atoms with Gasteiger partial charge >= 0.3 is 5.69 Å². The van der Waals surface area contributed by atoms with E-state index in [1.54, 1.807) is 13.1 Å². The van der Waals surface area contributed by atoms with E-state index < -0.39 is 5.69 Å². The zero-order chi connectivity index (χ0) is 11.7. The molecule has 1 aromatic rings. The van der Waals surface area contributed by atoms with E-state index in [1.165, 1.54) is 4.57 Å². The molecular formula is C10H14N2O3S. The Balaban J connectivity index is 2.32. The summed E-state index contributed by atoms with van der Waals surface area (Å²) >= 11 is 4.16. The third-order valence-corrected chi connectivity index (χ3v) is 3.15. The molecule has 0 spiro atoms. The molecule has 2 heterocycles. The zero-order valence-corrected chi connectivity index (χ0v) is 9.87. The topological polar surface area (TPSA) is 64.1 Å². The molecule has 1 aromatic heterocycles. The molecule has 0 amide bonds. The molecule has 0 aromatic carbocycles. The summed E-state index contributed by atoms with van der Waals surface area (Å²) in [4.78, 5) is 25.1. The van der Waals surface area contributed by atoms with Crippen molar-refractivity contribution in [2.24, 2.45) is 0 Å². The highest BCUT2D eigenvalue weighted by atomic mass is 32.1. The molecule has 88 valence electrons. The second-order valence-electron chi connectivity index (χ2n) is 3.95. The predicted octanol–water partition coefficient (Wildman–Crippen LogP) is 0.452. The third-order valence-electron chi connectivity index (χ3n) is 2.74. The molecule has 0 saturated carbocycles. The van der Waals surface area contributed by atoms with Gasteiger partial charge in [0.25, 0.3) is 5.56 Å². The molecule has 1 aliphatic heterocycles. The molecule has 16 heavy (non-hydrogen) atoms. The van der Waals surface area contributed by atoms with Crippen LogP contribution in [0.3, 0.4) is 0 Å². The molecule has 1 aliphatic rings. The monoisotopic (exact) mass is 242 g/mol. The molecule has 0 aliphatic carbocycles. The van der Waals surface area contributed by atoms with Crippen LogP contribution in [0.15, 0.2) is 15.8 Å². The highest BCUT2D eigenvalue weighted by molar-refractivity contribution is 7.80. The molecule has 1 saturated heterocycles. The van der Waals surface area contributed by atoms with Crippen LogP contribution >= 0.6 is 12.6 Å². The van der Waals surface area contributed by atoms with Crippen molar-refractivity contribution in [1.29, 1.82) is 0 Å². The average Bonchev–Trinajstić information content (AvgIpc) is 2.71. The molecule has 0 radical (unpaired) electrons. The van der Waals surface area contributed by atoms with Gasteiger partial charge in [-0.05, 0) is 19.8 Å². The van der Waals surface area contributed by atoms with Gasteiger partial charge in [-0.25, -0.2) is 4.79 Å². The summed E-state index contributed by atoms with van der Waals surface area (Å²) in [6.07, 6.45) is 3.02. The molecule has 2 rings (SSSR count). The molecule has 1 fully saturated rings. The van der Waals surface area contributed by atoms with Crippen LogP contribution in [0.4, 0.5) is 0 Å². The van der Waals surface area contributed by atoms with Crippen molar-refractivity contribution in [3.8, 4) is 0 Å². The van der Waals surface area contributed by atoms with Gasteiger partial charge in [-0.3, -0.25) is 14.3 Å². The van der Waals surface area contributed by atoms with Gasteiger partial charge < -0.3 is 4.74 Å². The van der Waals surface area contributed by atoms with Crippen LogP contribution in [0, 0.1) is 6.92 Å². The molecule has 1 unspecified atom stereocenters. The Morgan fingerprint density at radius 3 is 2.94 bits per heavy atom. The number of nitrogens with one attached hydrogen (secondary N) is 1. The van der Waals surface area contributed by atoms with E-state index in [2.05, 4.69) is 17.6 Å². The maximum absolute atomic E-state index is 11.6. The molecule has 5 nitrogen and oxygen atoms in total. The summed E-state index contributed by atoms with van der Waals surface area (Å²) in [5, 5.41) is 0. The molecule has 6 heteroatoms. The summed E-state index contributed by atoms with van der Waals surface area (Å²) in [6.45, 7) is 1.67. The first-order chi connectivity index (χ1) is 7.61. The number of hydrogen-bond acceptors (Lipinski definition) is 4. The third kappa shape index (κ3) is 2.08. The highest BCUT2D eigenvalue weighted by Gasteiger charge is 2.26. The molecule has 0 bridgehead atoms. The van der Waals surface area contributed by atoms with Crippen molar-refractivity contribution >= 4 is 12.6 Å². The first kappa shape index (κ1) is 11.5. The number of H-pyrrole nitrogens is 1. The van der Waals surface area contributed by atoms with E-state index in [4.69, 9.17) is 4.74 Å². The van der Waals surface area contributed by atoms with Gasteiger partial charge in [0, 0.05) is 17.5 Å². The van der Waals surface area contributed by atoms with Crippen molar-refractivity contribution in [2.75, 3.05) is 5.75 Å². The number of hydrogen-bond donors (Lipinski definition) is 2. The van der Waals surface area contributed by atoms with Crippen LogP contribution in [0.5, 0.6) is 0 Å². The van der Waals surface area contributed by atoms with E-state index in [0.29, 0.717) is 11.3 Å². The van der Waals surface area contributed by atoms with Crippen molar-refractivity contribution in [1.82, 2.24) is 9.55 Å². The van der Waals surface area contributed by atoms with Crippen molar-refractivity contribution in [3.63, 3.8) is 0 Å². The minimum Gasteiger partial charge on any atom is -0.354 e.